The second-order valence-corrected chi connectivity index (χ2v) is 21.7. The van der Waals surface area contributed by atoms with E-state index in [-0.39, 0.29) is 0 Å². The van der Waals surface area contributed by atoms with Crippen molar-refractivity contribution in [3.63, 3.8) is 0 Å². The molecular weight excluding hydrogens is 1220 g/mol. The number of aliphatic hydroxyl groups is 8. The average molecular weight is 1270 g/mol. The third-order valence-corrected chi connectivity index (χ3v) is 13.7. The SMILES string of the molecule is CC(=O)N[C@H]1[C@H](O[C@H]2[C@H](O)[C@@H](OS(=O)(=O)O)[C@H](O[C@H]3[C@@H](O)[C@@H](CO)O[C@@H](O[C@H]4[C@H](O)[C@@H](OS(=O)(=O)O)C(O)O[C@H]4C(=O)O)[C@@H]3NC(C)=O)O[C@H]2C(=O)O)O[C@H](CO)[C@H](OS(=O)(=O)O)[C@@H]1O[C@@H]1O[C@@H](C(=O)O)[C@@H](O)[C@H](O)[C@H]1OS(=O)(=O)O. The zero-order valence-electron chi connectivity index (χ0n) is 40.3. The zero-order chi connectivity index (χ0) is 61.3. The van der Waals surface area contributed by atoms with Crippen LogP contribution in [0.3, 0.4) is 0 Å². The van der Waals surface area contributed by atoms with E-state index in [1.807, 2.05) is 5.32 Å². The maximum atomic E-state index is 13.1. The molecule has 0 bridgehead atoms. The number of hydrogen-bond donors (Lipinski definition) is 17. The van der Waals surface area contributed by atoms with Gasteiger partial charge in [-0.1, -0.05) is 0 Å². The summed E-state index contributed by atoms with van der Waals surface area (Å²) in [6.45, 7) is -1.52. The lowest BCUT2D eigenvalue weighted by atomic mass is 9.93. The molecule has 5 rings (SSSR count). The Morgan fingerprint density at radius 1 is 0.395 bits per heavy atom. The lowest BCUT2D eigenvalue weighted by Crippen LogP contribution is -2.71. The minimum atomic E-state index is -6.03. The van der Waals surface area contributed by atoms with Gasteiger partial charge in [0.05, 0.1) is 13.2 Å². The van der Waals surface area contributed by atoms with E-state index < -0.39 is 238 Å². The van der Waals surface area contributed by atoms with Crippen LogP contribution in [-0.2, 0) is 125 Å². The summed E-state index contributed by atoms with van der Waals surface area (Å²) in [7, 11) is -23.3. The highest BCUT2D eigenvalue weighted by atomic mass is 32.3. The van der Waals surface area contributed by atoms with Gasteiger partial charge >= 0.3 is 59.5 Å². The molecular formula is C34H52N2O41S4. The summed E-state index contributed by atoms with van der Waals surface area (Å²) in [6.07, 6.45) is -61.6. The predicted molar refractivity (Wildman–Crippen MR) is 233 cm³/mol. The van der Waals surface area contributed by atoms with E-state index in [1.165, 1.54) is 0 Å². The number of rotatable bonds is 23. The first-order valence-corrected chi connectivity index (χ1v) is 27.7. The molecule has 0 spiro atoms. The molecule has 0 aromatic rings. The number of nitrogens with one attached hydrogen (secondary N) is 2. The average Bonchev–Trinajstić information content (AvgIpc) is 3.31. The molecule has 5 aliphatic heterocycles. The Labute approximate surface area is 452 Å². The molecule has 0 saturated carbocycles. The van der Waals surface area contributed by atoms with Crippen molar-refractivity contribution in [2.75, 3.05) is 13.2 Å². The fourth-order valence-electron chi connectivity index (χ4n) is 8.68. The minimum Gasteiger partial charge on any atom is -0.479 e. The number of amides is 2. The van der Waals surface area contributed by atoms with Crippen LogP contribution in [0.1, 0.15) is 13.8 Å². The van der Waals surface area contributed by atoms with Crippen molar-refractivity contribution in [3.8, 4) is 0 Å². The Balaban J connectivity index is 1.59. The van der Waals surface area contributed by atoms with Crippen molar-refractivity contribution in [3.05, 3.63) is 0 Å². The summed E-state index contributed by atoms with van der Waals surface area (Å²) in [6, 6.07) is -4.80. The molecule has 0 aromatic carbocycles. The van der Waals surface area contributed by atoms with E-state index in [2.05, 4.69) is 22.0 Å². The molecule has 5 fully saturated rings. The molecule has 2 amide bonds. The highest BCUT2D eigenvalue weighted by Gasteiger charge is 2.61. The van der Waals surface area contributed by atoms with E-state index in [0.29, 0.717) is 6.92 Å². The van der Waals surface area contributed by atoms with Crippen molar-refractivity contribution in [2.45, 2.75) is 167 Å². The number of carbonyl (C=O) groups is 5. The van der Waals surface area contributed by atoms with Gasteiger partial charge in [0.15, 0.2) is 68.1 Å². The molecule has 17 N–H and O–H groups in total. The second-order valence-electron chi connectivity index (χ2n) is 17.5. The number of carbonyl (C=O) groups excluding carboxylic acids is 2. The second kappa shape index (κ2) is 26.6. The Bertz CT molecular complexity index is 2720. The molecule has 468 valence electrons. The van der Waals surface area contributed by atoms with Crippen molar-refractivity contribution >= 4 is 71.3 Å². The van der Waals surface area contributed by atoms with Crippen LogP contribution in [0.15, 0.2) is 0 Å². The Hall–Kier alpha value is -3.85. The zero-order valence-corrected chi connectivity index (χ0v) is 43.6. The van der Waals surface area contributed by atoms with Gasteiger partial charge in [-0.05, 0) is 0 Å². The molecule has 47 heteroatoms. The first kappa shape index (κ1) is 67.9. The maximum absolute atomic E-state index is 13.1. The molecule has 0 radical (unpaired) electrons. The number of ether oxygens (including phenoxy) is 9. The van der Waals surface area contributed by atoms with Gasteiger partial charge < -0.3 is 109 Å². The maximum Gasteiger partial charge on any atom is 0.397 e. The molecule has 25 atom stereocenters. The van der Waals surface area contributed by atoms with Gasteiger partial charge in [-0.15, -0.1) is 0 Å². The predicted octanol–water partition coefficient (Wildman–Crippen LogP) is -12.1. The standard InChI is InChI=1S/C34H52N2O41S4/c1-5(39)35-9-17(11(41)7(3-37)65-31(9)70-19-14(44)22(75-79(56,57)58)30(52)67-25(19)28(48)49)68-34-24(77-81(62,63)64)15(45)20(26(73-34)29(50)51)71-32-10(36-6(2)40)18(16(8(4-38)66-32)74-78(53,54)55)69-33-23(76-80(59,60)61)13(43)12(42)21(72-33)27(46)47/h7-26,30-34,37-38,41-45,52H,3-4H2,1-2H3,(H,35,39)(H,36,40)(H,46,47)(H,48,49)(H,50,51)(H,53,54,55)(H,56,57,58)(H,59,60,61)(H,62,63,64)/t7-,8-,9-,10-,11+,12+,13+,14+,15+,16+,17-,18-,19+,20+,21-,22-,23-,24-,25-,26-,30?,31+,32+,33-,34-/m1/s1. The Morgan fingerprint density at radius 3 is 1.16 bits per heavy atom. The van der Waals surface area contributed by atoms with Crippen LogP contribution < -0.4 is 10.6 Å². The van der Waals surface area contributed by atoms with Gasteiger partial charge in [0.2, 0.25) is 11.8 Å². The minimum absolute atomic E-state index is 0.661. The smallest absolute Gasteiger partial charge is 0.397 e. The summed E-state index contributed by atoms with van der Waals surface area (Å²) in [5.74, 6) is -9.04. The topological polar surface area (TPSA) is 669 Å². The molecule has 5 heterocycles. The van der Waals surface area contributed by atoms with Gasteiger partial charge in [0.25, 0.3) is 0 Å². The van der Waals surface area contributed by atoms with Crippen molar-refractivity contribution in [2.24, 2.45) is 0 Å². The third-order valence-electron chi connectivity index (χ3n) is 11.9. The lowest BCUT2D eigenvalue weighted by Gasteiger charge is -2.50. The molecule has 5 saturated heterocycles. The van der Waals surface area contributed by atoms with Crippen LogP contribution in [0.25, 0.3) is 0 Å². The number of aliphatic carboxylic acids is 3. The van der Waals surface area contributed by atoms with Crippen LogP contribution in [0, 0.1) is 0 Å². The first-order chi connectivity index (χ1) is 37.2. The molecule has 43 nitrogen and oxygen atoms in total. The normalized spacial score (nSPS) is 40.9. The fraction of sp³-hybridized carbons (Fsp3) is 0.853. The highest BCUT2D eigenvalue weighted by Crippen LogP contribution is 2.38. The van der Waals surface area contributed by atoms with Gasteiger partial charge in [-0.3, -0.25) is 27.8 Å². The quantitative estimate of drug-likeness (QED) is 0.0422. The number of carboxylic acids is 3. The lowest BCUT2D eigenvalue weighted by molar-refractivity contribution is -0.370. The van der Waals surface area contributed by atoms with Crippen molar-refractivity contribution in [1.29, 1.82) is 0 Å². The van der Waals surface area contributed by atoms with Gasteiger partial charge in [-0.2, -0.15) is 33.7 Å². The first-order valence-electron chi connectivity index (χ1n) is 22.2. The summed E-state index contributed by atoms with van der Waals surface area (Å²) in [4.78, 5) is 62.9. The van der Waals surface area contributed by atoms with E-state index in [0.717, 1.165) is 6.92 Å². The summed E-state index contributed by atoms with van der Waals surface area (Å²) < 4.78 is 201. The molecule has 5 aliphatic rings. The highest BCUT2D eigenvalue weighted by molar-refractivity contribution is 7.81. The fourth-order valence-corrected chi connectivity index (χ4v) is 10.7. The number of carboxylic acid groups (broad SMARTS) is 3. The summed E-state index contributed by atoms with van der Waals surface area (Å²) in [5, 5.41) is 120. The van der Waals surface area contributed by atoms with Crippen LogP contribution >= 0.6 is 0 Å². The van der Waals surface area contributed by atoms with Crippen molar-refractivity contribution < 1.29 is 191 Å². The number of hydrogen-bond acceptors (Lipinski definition) is 34. The summed E-state index contributed by atoms with van der Waals surface area (Å²) >= 11 is 0. The molecule has 1 unspecified atom stereocenters. The summed E-state index contributed by atoms with van der Waals surface area (Å²) in [5.41, 5.74) is 0. The van der Waals surface area contributed by atoms with Gasteiger partial charge in [-0.25, -0.2) is 31.1 Å². The number of aliphatic hydroxyl groups excluding tert-OH is 8. The van der Waals surface area contributed by atoms with E-state index >= 15 is 0 Å². The van der Waals surface area contributed by atoms with Crippen LogP contribution in [0.2, 0.25) is 0 Å². The Morgan fingerprint density at radius 2 is 0.741 bits per heavy atom. The van der Waals surface area contributed by atoms with E-state index in [4.69, 9.17) is 42.6 Å². The Kier molecular flexibility index (Phi) is 22.3. The molecule has 0 aromatic heterocycles. The van der Waals surface area contributed by atoms with Gasteiger partial charge in [0, 0.05) is 13.8 Å². The van der Waals surface area contributed by atoms with Crippen LogP contribution in [-0.4, -0.2) is 304 Å². The van der Waals surface area contributed by atoms with E-state index in [9.17, 15) is 132 Å². The van der Waals surface area contributed by atoms with Crippen LogP contribution in [0.4, 0.5) is 0 Å². The monoisotopic (exact) mass is 1270 g/mol. The molecule has 0 aliphatic carbocycles. The van der Waals surface area contributed by atoms with E-state index in [1.54, 1.807) is 0 Å². The third kappa shape index (κ3) is 17.2. The van der Waals surface area contributed by atoms with Crippen molar-refractivity contribution in [1.82, 2.24) is 10.6 Å². The largest absolute Gasteiger partial charge is 0.479 e. The van der Waals surface area contributed by atoms with Crippen LogP contribution in [0.5, 0.6) is 0 Å². The van der Waals surface area contributed by atoms with Gasteiger partial charge in [0.1, 0.15) is 85.3 Å². The molecule has 81 heavy (non-hydrogen) atoms.